The number of ether oxygens (including phenoxy) is 1. The Morgan fingerprint density at radius 2 is 1.45 bits per heavy atom. The summed E-state index contributed by atoms with van der Waals surface area (Å²) in [5.74, 6) is 0.310. The van der Waals surface area contributed by atoms with Gasteiger partial charge in [0.2, 0.25) is 0 Å². The molecule has 0 saturated carbocycles. The van der Waals surface area contributed by atoms with Crippen molar-refractivity contribution in [3.05, 3.63) is 107 Å². The van der Waals surface area contributed by atoms with Gasteiger partial charge in [0.25, 0.3) is 0 Å². The Bertz CT molecular complexity index is 1300. The molecule has 29 heavy (non-hydrogen) atoms. The fraction of sp³-hybridized carbons (Fsp3) is 0.0741. The number of rotatable bonds is 2. The lowest BCUT2D eigenvalue weighted by Crippen LogP contribution is -1.98. The Labute approximate surface area is 169 Å². The fourth-order valence-electron chi connectivity index (χ4n) is 3.98. The molecule has 2 nitrogen and oxygen atoms in total. The lowest BCUT2D eigenvalue weighted by molar-refractivity contribution is -0.130. The molecule has 0 radical (unpaired) electrons. The van der Waals surface area contributed by atoms with Crippen molar-refractivity contribution in [3.8, 4) is 0 Å². The van der Waals surface area contributed by atoms with E-state index in [1.54, 1.807) is 0 Å². The van der Waals surface area contributed by atoms with Crippen LogP contribution in [-0.4, -0.2) is 5.97 Å². The molecule has 0 bridgehead atoms. The van der Waals surface area contributed by atoms with Gasteiger partial charge in [0.15, 0.2) is 0 Å². The molecule has 0 N–H and O–H groups in total. The summed E-state index contributed by atoms with van der Waals surface area (Å²) in [4.78, 5) is 12.7. The van der Waals surface area contributed by atoms with Crippen LogP contribution in [0.3, 0.4) is 0 Å². The van der Waals surface area contributed by atoms with Crippen molar-refractivity contribution >= 4 is 39.3 Å². The van der Waals surface area contributed by atoms with Gasteiger partial charge in [0.1, 0.15) is 5.76 Å². The molecular weight excluding hydrogens is 356 g/mol. The van der Waals surface area contributed by atoms with Crippen LogP contribution in [0.15, 0.2) is 84.4 Å². The number of cyclic esters (lactones) is 1. The minimum atomic E-state index is -0.307. The molecule has 0 amide bonds. The number of benzene rings is 4. The Balaban J connectivity index is 1.72. The SMILES string of the molecule is Cc1ccc(C)c(C2=C/C(=C/c3c4ccccc4cc4ccccc34)C(=O)O2)c1. The van der Waals surface area contributed by atoms with Crippen molar-refractivity contribution in [2.45, 2.75) is 13.8 Å². The van der Waals surface area contributed by atoms with Crippen molar-refractivity contribution < 1.29 is 9.53 Å². The third kappa shape index (κ3) is 3.03. The zero-order valence-corrected chi connectivity index (χ0v) is 16.4. The van der Waals surface area contributed by atoms with E-state index in [2.05, 4.69) is 48.5 Å². The van der Waals surface area contributed by atoms with Crippen molar-refractivity contribution in [3.63, 3.8) is 0 Å². The van der Waals surface area contributed by atoms with E-state index in [0.717, 1.165) is 43.8 Å². The zero-order chi connectivity index (χ0) is 20.0. The van der Waals surface area contributed by atoms with Crippen molar-refractivity contribution in [1.82, 2.24) is 0 Å². The fourth-order valence-corrected chi connectivity index (χ4v) is 3.98. The molecule has 0 aromatic heterocycles. The maximum Gasteiger partial charge on any atom is 0.343 e. The van der Waals surface area contributed by atoms with E-state index in [-0.39, 0.29) is 5.97 Å². The van der Waals surface area contributed by atoms with E-state index in [1.807, 2.05) is 50.3 Å². The third-order valence-electron chi connectivity index (χ3n) is 5.50. The van der Waals surface area contributed by atoms with Gasteiger partial charge >= 0.3 is 5.97 Å². The van der Waals surface area contributed by atoms with Gasteiger partial charge in [-0.15, -0.1) is 0 Å². The van der Waals surface area contributed by atoms with E-state index in [9.17, 15) is 4.79 Å². The molecule has 0 atom stereocenters. The Kier molecular flexibility index (Phi) is 4.06. The Morgan fingerprint density at radius 3 is 2.14 bits per heavy atom. The largest absolute Gasteiger partial charge is 0.422 e. The van der Waals surface area contributed by atoms with Crippen LogP contribution in [0.2, 0.25) is 0 Å². The van der Waals surface area contributed by atoms with E-state index < -0.39 is 0 Å². The standard InChI is InChI=1S/C27H20O2/c1-17-11-12-18(2)24(13-17)26-16-21(27(28)29-26)15-25-22-9-5-3-7-19(22)14-20-8-4-6-10-23(20)25/h3-16H,1-2H3/b21-15-. The highest BCUT2D eigenvalue weighted by Gasteiger charge is 2.23. The number of carbonyl (C=O) groups is 1. The summed E-state index contributed by atoms with van der Waals surface area (Å²) in [7, 11) is 0. The van der Waals surface area contributed by atoms with Gasteiger partial charge in [-0.3, -0.25) is 0 Å². The zero-order valence-electron chi connectivity index (χ0n) is 16.4. The molecule has 0 saturated heterocycles. The molecule has 0 fully saturated rings. The molecular formula is C27H20O2. The lowest BCUT2D eigenvalue weighted by atomic mass is 9.95. The van der Waals surface area contributed by atoms with Crippen LogP contribution in [0.25, 0.3) is 33.4 Å². The second-order valence-electron chi connectivity index (χ2n) is 7.55. The highest BCUT2D eigenvalue weighted by molar-refractivity contribution is 6.12. The van der Waals surface area contributed by atoms with Gasteiger partial charge in [-0.1, -0.05) is 66.2 Å². The van der Waals surface area contributed by atoms with Gasteiger partial charge in [-0.05, 0) is 70.8 Å². The molecule has 2 heteroatoms. The molecule has 4 aromatic rings. The molecule has 140 valence electrons. The number of fused-ring (bicyclic) bond motifs is 2. The van der Waals surface area contributed by atoms with Gasteiger partial charge in [0, 0.05) is 5.56 Å². The predicted octanol–water partition coefficient (Wildman–Crippen LogP) is 6.59. The summed E-state index contributed by atoms with van der Waals surface area (Å²) >= 11 is 0. The molecule has 0 aliphatic carbocycles. The summed E-state index contributed by atoms with van der Waals surface area (Å²) in [5, 5.41) is 4.56. The van der Waals surface area contributed by atoms with Crippen LogP contribution in [0.1, 0.15) is 22.3 Å². The predicted molar refractivity (Wildman–Crippen MR) is 119 cm³/mol. The van der Waals surface area contributed by atoms with Crippen LogP contribution in [0.4, 0.5) is 0 Å². The average molecular weight is 376 g/mol. The average Bonchev–Trinajstić information content (AvgIpc) is 3.09. The number of esters is 1. The van der Waals surface area contributed by atoms with E-state index in [0.29, 0.717) is 11.3 Å². The number of carbonyl (C=O) groups excluding carboxylic acids is 1. The highest BCUT2D eigenvalue weighted by atomic mass is 16.5. The Hall–Kier alpha value is -3.65. The first-order chi connectivity index (χ1) is 14.1. The number of aryl methyl sites for hydroxylation is 2. The molecule has 5 rings (SSSR count). The minimum absolute atomic E-state index is 0.307. The number of hydrogen-bond donors (Lipinski definition) is 0. The third-order valence-corrected chi connectivity index (χ3v) is 5.50. The minimum Gasteiger partial charge on any atom is -0.422 e. The summed E-state index contributed by atoms with van der Waals surface area (Å²) in [6.07, 6.45) is 3.83. The molecule has 1 aliphatic heterocycles. The van der Waals surface area contributed by atoms with Crippen LogP contribution in [0, 0.1) is 13.8 Å². The van der Waals surface area contributed by atoms with Crippen LogP contribution in [-0.2, 0) is 9.53 Å². The maximum atomic E-state index is 12.7. The van der Waals surface area contributed by atoms with E-state index in [1.165, 1.54) is 0 Å². The second kappa shape index (κ2) is 6.75. The molecule has 1 aliphatic rings. The topological polar surface area (TPSA) is 26.3 Å². The second-order valence-corrected chi connectivity index (χ2v) is 7.55. The molecule has 1 heterocycles. The smallest absolute Gasteiger partial charge is 0.343 e. The summed E-state index contributed by atoms with van der Waals surface area (Å²) < 4.78 is 5.65. The first-order valence-corrected chi connectivity index (χ1v) is 9.74. The normalized spacial score (nSPS) is 15.2. The Morgan fingerprint density at radius 1 is 0.793 bits per heavy atom. The maximum absolute atomic E-state index is 12.7. The van der Waals surface area contributed by atoms with Crippen molar-refractivity contribution in [2.75, 3.05) is 0 Å². The van der Waals surface area contributed by atoms with Gasteiger partial charge in [-0.2, -0.15) is 0 Å². The molecule has 0 spiro atoms. The van der Waals surface area contributed by atoms with Gasteiger partial charge < -0.3 is 4.74 Å². The van der Waals surface area contributed by atoms with Crippen LogP contribution in [0.5, 0.6) is 0 Å². The summed E-state index contributed by atoms with van der Waals surface area (Å²) in [6, 6.07) is 24.9. The summed E-state index contributed by atoms with van der Waals surface area (Å²) in [6.45, 7) is 4.07. The lowest BCUT2D eigenvalue weighted by Gasteiger charge is -2.08. The first kappa shape index (κ1) is 17.4. The summed E-state index contributed by atoms with van der Waals surface area (Å²) in [5.41, 5.74) is 4.81. The number of hydrogen-bond acceptors (Lipinski definition) is 2. The van der Waals surface area contributed by atoms with Crippen LogP contribution >= 0.6 is 0 Å². The van der Waals surface area contributed by atoms with Crippen molar-refractivity contribution in [1.29, 1.82) is 0 Å². The van der Waals surface area contributed by atoms with Crippen molar-refractivity contribution in [2.24, 2.45) is 0 Å². The van der Waals surface area contributed by atoms with E-state index in [4.69, 9.17) is 4.74 Å². The highest BCUT2D eigenvalue weighted by Crippen LogP contribution is 2.34. The van der Waals surface area contributed by atoms with E-state index >= 15 is 0 Å². The monoisotopic (exact) mass is 376 g/mol. The van der Waals surface area contributed by atoms with Crippen LogP contribution < -0.4 is 0 Å². The van der Waals surface area contributed by atoms with Gasteiger partial charge in [0.05, 0.1) is 5.57 Å². The van der Waals surface area contributed by atoms with Gasteiger partial charge in [-0.25, -0.2) is 4.79 Å². The first-order valence-electron chi connectivity index (χ1n) is 9.74. The quantitative estimate of drug-likeness (QED) is 0.224. The molecule has 0 unspecified atom stereocenters. The molecule has 4 aromatic carbocycles.